The second kappa shape index (κ2) is 10.8. The Bertz CT molecular complexity index is 859. The van der Waals surface area contributed by atoms with Gasteiger partial charge in [-0.1, -0.05) is 44.2 Å². The monoisotopic (exact) mass is 440 g/mol. The fraction of sp³-hybridized carbons (Fsp3) is 0.556. The van der Waals surface area contributed by atoms with E-state index in [0.717, 1.165) is 17.7 Å². The molecular weight excluding hydrogens is 404 g/mol. The molecule has 4 rings (SSSR count). The zero-order chi connectivity index (χ0) is 22.5. The van der Waals surface area contributed by atoms with Crippen molar-refractivity contribution in [1.29, 1.82) is 0 Å². The summed E-state index contributed by atoms with van der Waals surface area (Å²) in [6.07, 6.45) is 3.77. The van der Waals surface area contributed by atoms with Crippen molar-refractivity contribution in [2.24, 2.45) is 0 Å². The van der Waals surface area contributed by atoms with Gasteiger partial charge in [0.2, 0.25) is 0 Å². The highest BCUT2D eigenvalue weighted by Crippen LogP contribution is 2.34. The molecule has 2 aromatic carbocycles. The van der Waals surface area contributed by atoms with Crippen molar-refractivity contribution in [3.63, 3.8) is 0 Å². The van der Waals surface area contributed by atoms with Crippen LogP contribution in [-0.2, 0) is 15.9 Å². The zero-order valence-electron chi connectivity index (χ0n) is 19.2. The van der Waals surface area contributed by atoms with Gasteiger partial charge in [0.1, 0.15) is 12.4 Å². The molecule has 0 radical (unpaired) electrons. The molecule has 2 N–H and O–H groups in total. The van der Waals surface area contributed by atoms with Crippen molar-refractivity contribution in [3.05, 3.63) is 64.7 Å². The number of hydrogen-bond acceptors (Lipinski definition) is 5. The second-order valence-corrected chi connectivity index (χ2v) is 9.41. The second-order valence-electron chi connectivity index (χ2n) is 9.41. The summed E-state index contributed by atoms with van der Waals surface area (Å²) in [5.41, 5.74) is 4.88. The Morgan fingerprint density at radius 3 is 2.50 bits per heavy atom. The Labute approximate surface area is 191 Å². The molecule has 2 fully saturated rings. The van der Waals surface area contributed by atoms with E-state index in [1.165, 1.54) is 29.5 Å². The summed E-state index contributed by atoms with van der Waals surface area (Å²) in [4.78, 5) is 0. The maximum Gasteiger partial charge on any atom is 0.119 e. The van der Waals surface area contributed by atoms with Crippen LogP contribution in [0.25, 0.3) is 0 Å². The van der Waals surface area contributed by atoms with Crippen LogP contribution in [0.5, 0.6) is 5.75 Å². The van der Waals surface area contributed by atoms with Crippen LogP contribution < -0.4 is 4.74 Å². The van der Waals surface area contributed by atoms with Crippen molar-refractivity contribution >= 4 is 0 Å². The third-order valence-electron chi connectivity index (χ3n) is 6.29. The minimum atomic E-state index is -0.443. The summed E-state index contributed by atoms with van der Waals surface area (Å²) in [5.74, 6) is 1.28. The van der Waals surface area contributed by atoms with E-state index in [2.05, 4.69) is 44.2 Å². The number of aliphatic hydroxyl groups is 2. The van der Waals surface area contributed by atoms with Crippen LogP contribution in [0.4, 0.5) is 0 Å². The summed E-state index contributed by atoms with van der Waals surface area (Å²) >= 11 is 0. The highest BCUT2D eigenvalue weighted by Gasteiger charge is 2.29. The molecule has 1 aliphatic heterocycles. The molecule has 0 bridgehead atoms. The molecule has 0 amide bonds. The van der Waals surface area contributed by atoms with Gasteiger partial charge in [-0.15, -0.1) is 0 Å². The first-order chi connectivity index (χ1) is 15.5. The average Bonchev–Trinajstić information content (AvgIpc) is 3.61. The quantitative estimate of drug-likeness (QED) is 0.531. The number of ether oxygens (including phenoxy) is 3. The predicted octanol–water partition coefficient (Wildman–Crippen LogP) is 4.53. The molecule has 0 aromatic heterocycles. The molecule has 2 aliphatic rings. The molecule has 3 atom stereocenters. The summed E-state index contributed by atoms with van der Waals surface area (Å²) in [6, 6.07) is 14.8. The predicted molar refractivity (Wildman–Crippen MR) is 124 cm³/mol. The Balaban J connectivity index is 1.43. The molecule has 5 nitrogen and oxygen atoms in total. The highest BCUT2D eigenvalue weighted by atomic mass is 16.5. The largest absolute Gasteiger partial charge is 0.491 e. The maximum absolute atomic E-state index is 10.2. The summed E-state index contributed by atoms with van der Waals surface area (Å²) < 4.78 is 17.5. The molecule has 1 saturated heterocycles. The minimum absolute atomic E-state index is 0.0639. The van der Waals surface area contributed by atoms with E-state index in [9.17, 15) is 10.2 Å². The Morgan fingerprint density at radius 1 is 1.03 bits per heavy atom. The first kappa shape index (κ1) is 23.2. The number of aliphatic hydroxyl groups excluding tert-OH is 2. The molecule has 1 heterocycles. The van der Waals surface area contributed by atoms with Gasteiger partial charge in [0.05, 0.1) is 37.6 Å². The van der Waals surface area contributed by atoms with E-state index in [0.29, 0.717) is 38.1 Å². The lowest BCUT2D eigenvalue weighted by Gasteiger charge is -2.33. The Kier molecular flexibility index (Phi) is 7.84. The molecule has 1 saturated carbocycles. The van der Waals surface area contributed by atoms with Gasteiger partial charge in [-0.05, 0) is 59.6 Å². The zero-order valence-corrected chi connectivity index (χ0v) is 19.2. The summed E-state index contributed by atoms with van der Waals surface area (Å²) in [7, 11) is 0. The van der Waals surface area contributed by atoms with Gasteiger partial charge in [-0.3, -0.25) is 0 Å². The lowest BCUT2D eigenvalue weighted by Crippen LogP contribution is -2.33. The molecular formula is C27H36O5. The SMILES string of the molecule is CC(C)c1ccc(C2CC(O)CC(CO)O2)cc1Cc1ccc(OCCOC2CC2)cc1. The molecule has 2 aromatic rings. The highest BCUT2D eigenvalue weighted by molar-refractivity contribution is 5.40. The van der Waals surface area contributed by atoms with Crippen LogP contribution in [0.15, 0.2) is 42.5 Å². The van der Waals surface area contributed by atoms with Gasteiger partial charge in [-0.25, -0.2) is 0 Å². The lowest BCUT2D eigenvalue weighted by atomic mass is 9.88. The third-order valence-corrected chi connectivity index (χ3v) is 6.29. The number of rotatable bonds is 10. The van der Waals surface area contributed by atoms with Crippen molar-refractivity contribution in [2.45, 2.75) is 76.3 Å². The summed E-state index contributed by atoms with van der Waals surface area (Å²) in [5, 5.41) is 19.7. The lowest BCUT2D eigenvalue weighted by molar-refractivity contribution is -0.113. The number of hydrogen-bond donors (Lipinski definition) is 2. The van der Waals surface area contributed by atoms with Crippen LogP contribution in [0, 0.1) is 0 Å². The van der Waals surface area contributed by atoms with E-state index >= 15 is 0 Å². The first-order valence-electron chi connectivity index (χ1n) is 11.9. The van der Waals surface area contributed by atoms with E-state index in [4.69, 9.17) is 14.2 Å². The van der Waals surface area contributed by atoms with Crippen LogP contribution in [0.1, 0.15) is 73.8 Å². The third kappa shape index (κ3) is 6.32. The molecule has 174 valence electrons. The maximum atomic E-state index is 10.2. The topological polar surface area (TPSA) is 68.2 Å². The van der Waals surface area contributed by atoms with Gasteiger partial charge in [0.25, 0.3) is 0 Å². The molecule has 1 aliphatic carbocycles. The van der Waals surface area contributed by atoms with E-state index < -0.39 is 6.10 Å². The van der Waals surface area contributed by atoms with Crippen molar-refractivity contribution in [2.75, 3.05) is 19.8 Å². The van der Waals surface area contributed by atoms with Crippen molar-refractivity contribution < 1.29 is 24.4 Å². The fourth-order valence-corrected chi connectivity index (χ4v) is 4.40. The Hall–Kier alpha value is -1.92. The molecule has 5 heteroatoms. The average molecular weight is 441 g/mol. The van der Waals surface area contributed by atoms with Gasteiger partial charge in [0, 0.05) is 12.8 Å². The van der Waals surface area contributed by atoms with E-state index in [-0.39, 0.29) is 18.8 Å². The Morgan fingerprint density at radius 2 is 1.81 bits per heavy atom. The van der Waals surface area contributed by atoms with Gasteiger partial charge < -0.3 is 24.4 Å². The van der Waals surface area contributed by atoms with Crippen LogP contribution in [0.3, 0.4) is 0 Å². The van der Waals surface area contributed by atoms with Crippen molar-refractivity contribution in [1.82, 2.24) is 0 Å². The number of benzene rings is 2. The van der Waals surface area contributed by atoms with E-state index in [1.807, 2.05) is 12.1 Å². The van der Waals surface area contributed by atoms with Gasteiger partial charge >= 0.3 is 0 Å². The van der Waals surface area contributed by atoms with Crippen LogP contribution in [0.2, 0.25) is 0 Å². The molecule has 0 spiro atoms. The molecule has 32 heavy (non-hydrogen) atoms. The van der Waals surface area contributed by atoms with Crippen molar-refractivity contribution in [3.8, 4) is 5.75 Å². The van der Waals surface area contributed by atoms with Crippen LogP contribution in [-0.4, -0.2) is 48.3 Å². The van der Waals surface area contributed by atoms with Gasteiger partial charge in [-0.2, -0.15) is 0 Å². The first-order valence-corrected chi connectivity index (χ1v) is 11.9. The fourth-order valence-electron chi connectivity index (χ4n) is 4.40. The van der Waals surface area contributed by atoms with E-state index in [1.54, 1.807) is 0 Å². The minimum Gasteiger partial charge on any atom is -0.491 e. The van der Waals surface area contributed by atoms with Crippen LogP contribution >= 0.6 is 0 Å². The smallest absolute Gasteiger partial charge is 0.119 e. The van der Waals surface area contributed by atoms with Gasteiger partial charge in [0.15, 0.2) is 0 Å². The summed E-state index contributed by atoms with van der Waals surface area (Å²) in [6.45, 7) is 5.58. The molecule has 3 unspecified atom stereocenters. The normalized spacial score (nSPS) is 23.5. The standard InChI is InChI=1S/C27H36O5/c1-18(2)26-10-5-20(27-16-22(29)15-25(17-28)32-27)14-21(26)13-19-3-6-23(7-4-19)30-11-12-31-24-8-9-24/h3-7,10,14,18,22,24-25,27-29H,8-9,11-13,15-17H2,1-2H3.